The fourth-order valence-corrected chi connectivity index (χ4v) is 4.34. The SMILES string of the molecule is NC(=O)C1=c2oc(=O)/c(=C\c3c(F)cccc3Cl)n2-c2oc(N)nc2[C@@H]1c1ccccc1Cl. The van der Waals surface area contributed by atoms with Crippen LogP contribution in [0.15, 0.2) is 56.1 Å². The van der Waals surface area contributed by atoms with Crippen LogP contribution in [0.4, 0.5) is 10.4 Å². The molecule has 1 atom stereocenters. The third-order valence-electron chi connectivity index (χ3n) is 5.25. The minimum atomic E-state index is -0.928. The second-order valence-electron chi connectivity index (χ2n) is 7.17. The lowest BCUT2D eigenvalue weighted by atomic mass is 9.86. The number of hydrogen-bond donors (Lipinski definition) is 2. The molecule has 11 heteroatoms. The van der Waals surface area contributed by atoms with Gasteiger partial charge in [-0.1, -0.05) is 47.5 Å². The summed E-state index contributed by atoms with van der Waals surface area (Å²) in [5.41, 5.74) is 10.9. The number of carbonyl (C=O) groups excluding carboxylic acids is 1. The lowest BCUT2D eigenvalue weighted by molar-refractivity contribution is -0.113. The van der Waals surface area contributed by atoms with Crippen molar-refractivity contribution in [3.8, 4) is 5.88 Å². The highest BCUT2D eigenvalue weighted by molar-refractivity contribution is 6.32. The van der Waals surface area contributed by atoms with Gasteiger partial charge >= 0.3 is 5.63 Å². The molecule has 1 amide bonds. The van der Waals surface area contributed by atoms with Crippen molar-refractivity contribution >= 4 is 46.8 Å². The lowest BCUT2D eigenvalue weighted by Crippen LogP contribution is -2.38. The number of halogens is 3. The zero-order chi connectivity index (χ0) is 23.4. The third-order valence-corrected chi connectivity index (χ3v) is 5.93. The number of fused-ring (bicyclic) bond motifs is 3. The van der Waals surface area contributed by atoms with Gasteiger partial charge in [-0.15, -0.1) is 0 Å². The Balaban J connectivity index is 1.96. The summed E-state index contributed by atoms with van der Waals surface area (Å²) in [4.78, 5) is 29.7. The number of primary amides is 1. The first-order valence-electron chi connectivity index (χ1n) is 9.50. The van der Waals surface area contributed by atoms with Crippen LogP contribution in [0, 0.1) is 5.82 Å². The monoisotopic (exact) mass is 486 g/mol. The van der Waals surface area contributed by atoms with Gasteiger partial charge in [0.1, 0.15) is 16.9 Å². The van der Waals surface area contributed by atoms with Crippen molar-refractivity contribution in [1.82, 2.24) is 9.55 Å². The number of aromatic nitrogens is 2. The number of anilines is 1. The van der Waals surface area contributed by atoms with E-state index in [1.165, 1.54) is 28.8 Å². The minimum absolute atomic E-state index is 0.00183. The molecule has 33 heavy (non-hydrogen) atoms. The zero-order valence-corrected chi connectivity index (χ0v) is 18.0. The van der Waals surface area contributed by atoms with Crippen LogP contribution in [0.3, 0.4) is 0 Å². The number of hydrogen-bond acceptors (Lipinski definition) is 6. The highest BCUT2D eigenvalue weighted by Gasteiger charge is 2.39. The van der Waals surface area contributed by atoms with E-state index in [9.17, 15) is 14.0 Å². The number of amides is 1. The number of oxazole rings is 2. The molecule has 0 saturated heterocycles. The molecule has 2 aromatic heterocycles. The van der Waals surface area contributed by atoms with Gasteiger partial charge in [-0.25, -0.2) is 13.8 Å². The number of benzene rings is 2. The Labute approximate surface area is 194 Å². The van der Waals surface area contributed by atoms with Gasteiger partial charge in [-0.3, -0.25) is 4.79 Å². The maximum Gasteiger partial charge on any atom is 0.362 e. The normalized spacial score (nSPS) is 15.4. The fourth-order valence-electron chi connectivity index (χ4n) is 3.88. The molecule has 2 aromatic carbocycles. The first-order chi connectivity index (χ1) is 15.8. The second kappa shape index (κ2) is 7.65. The molecule has 0 unspecified atom stereocenters. The molecular formula is C22H13Cl2FN4O4. The van der Waals surface area contributed by atoms with Gasteiger partial charge in [0, 0.05) is 10.6 Å². The van der Waals surface area contributed by atoms with Crippen molar-refractivity contribution < 1.29 is 18.0 Å². The number of nitrogens with two attached hydrogens (primary N) is 2. The molecular weight excluding hydrogens is 474 g/mol. The van der Waals surface area contributed by atoms with Crippen molar-refractivity contribution in [1.29, 1.82) is 0 Å². The maximum absolute atomic E-state index is 14.4. The van der Waals surface area contributed by atoms with Gasteiger partial charge < -0.3 is 20.3 Å². The summed E-state index contributed by atoms with van der Waals surface area (Å²) in [7, 11) is 0. The molecule has 0 fully saturated rings. The second-order valence-corrected chi connectivity index (χ2v) is 7.98. The predicted molar refractivity (Wildman–Crippen MR) is 119 cm³/mol. The molecule has 1 aliphatic heterocycles. The van der Waals surface area contributed by atoms with Crippen molar-refractivity contribution in [2.75, 3.05) is 5.73 Å². The average Bonchev–Trinajstić information content (AvgIpc) is 3.29. The first-order valence-corrected chi connectivity index (χ1v) is 10.3. The maximum atomic E-state index is 14.4. The molecule has 0 aliphatic carbocycles. The van der Waals surface area contributed by atoms with E-state index >= 15 is 0 Å². The van der Waals surface area contributed by atoms with E-state index in [4.69, 9.17) is 43.5 Å². The molecule has 0 radical (unpaired) electrons. The van der Waals surface area contributed by atoms with Gasteiger partial charge in [0.05, 0.1) is 16.5 Å². The van der Waals surface area contributed by atoms with E-state index in [2.05, 4.69) is 4.98 Å². The highest BCUT2D eigenvalue weighted by atomic mass is 35.5. The van der Waals surface area contributed by atoms with E-state index in [0.717, 1.165) is 0 Å². The number of carbonyl (C=O) groups is 1. The van der Waals surface area contributed by atoms with Gasteiger partial charge in [-0.2, -0.15) is 4.98 Å². The predicted octanol–water partition coefficient (Wildman–Crippen LogP) is 2.06. The molecule has 5 rings (SSSR count). The molecule has 8 nitrogen and oxygen atoms in total. The summed E-state index contributed by atoms with van der Waals surface area (Å²) in [6, 6.07) is 10.6. The molecule has 4 N–H and O–H groups in total. The standard InChI is InChI=1S/C22H13Cl2FN4O4/c23-11-5-2-1-4-9(11)15-16(18(26)30)19-29(20-17(15)28-22(27)33-20)14(21(31)32-19)8-10-12(24)6-3-7-13(10)25/h1-8,15H,(H2,26,30)(H2,27,28)/b14-8+/t15-/m1/s1. The summed E-state index contributed by atoms with van der Waals surface area (Å²) in [5, 5.41) is 0.206. The summed E-state index contributed by atoms with van der Waals surface area (Å²) < 4.78 is 26.6. The average molecular weight is 487 g/mol. The van der Waals surface area contributed by atoms with Crippen molar-refractivity contribution in [3.63, 3.8) is 0 Å². The van der Waals surface area contributed by atoms with Gasteiger partial charge in [-0.05, 0) is 29.8 Å². The van der Waals surface area contributed by atoms with Crippen LogP contribution in [0.5, 0.6) is 0 Å². The van der Waals surface area contributed by atoms with Gasteiger partial charge in [0.15, 0.2) is 0 Å². The van der Waals surface area contributed by atoms with Crippen molar-refractivity contribution in [3.05, 3.63) is 96.5 Å². The molecule has 0 spiro atoms. The molecule has 0 bridgehead atoms. The largest absolute Gasteiger partial charge is 0.406 e. The summed E-state index contributed by atoms with van der Waals surface area (Å²) in [6.07, 6.45) is 1.18. The Morgan fingerprint density at radius 2 is 1.85 bits per heavy atom. The zero-order valence-electron chi connectivity index (χ0n) is 16.5. The Hall–Kier alpha value is -3.82. The molecule has 166 valence electrons. The smallest absolute Gasteiger partial charge is 0.362 e. The summed E-state index contributed by atoms with van der Waals surface area (Å²) in [5.74, 6) is -2.48. The molecule has 4 aromatic rings. The Morgan fingerprint density at radius 1 is 1.12 bits per heavy atom. The van der Waals surface area contributed by atoms with Gasteiger partial charge in [0.2, 0.25) is 11.4 Å². The van der Waals surface area contributed by atoms with E-state index in [1.807, 2.05) is 0 Å². The quantitative estimate of drug-likeness (QED) is 0.455. The van der Waals surface area contributed by atoms with Crippen LogP contribution in [-0.2, 0) is 4.79 Å². The van der Waals surface area contributed by atoms with Crippen LogP contribution in [0.2, 0.25) is 10.0 Å². The minimum Gasteiger partial charge on any atom is -0.406 e. The topological polar surface area (TPSA) is 130 Å². The van der Waals surface area contributed by atoms with Gasteiger partial charge in [0.25, 0.3) is 11.9 Å². The van der Waals surface area contributed by atoms with Crippen LogP contribution in [0.25, 0.3) is 17.5 Å². The lowest BCUT2D eigenvalue weighted by Gasteiger charge is -2.21. The molecule has 3 heterocycles. The van der Waals surface area contributed by atoms with Crippen molar-refractivity contribution in [2.24, 2.45) is 5.73 Å². The molecule has 1 aliphatic rings. The van der Waals surface area contributed by atoms with Crippen molar-refractivity contribution in [2.45, 2.75) is 5.92 Å². The Kier molecular flexibility index (Phi) is 4.88. The third kappa shape index (κ3) is 3.24. The van der Waals surface area contributed by atoms with E-state index in [-0.39, 0.29) is 44.6 Å². The van der Waals surface area contributed by atoms with Crippen LogP contribution in [0.1, 0.15) is 22.7 Å². The van der Waals surface area contributed by atoms with E-state index < -0.39 is 23.3 Å². The first kappa shape index (κ1) is 21.0. The number of nitrogen functional groups attached to an aromatic ring is 1. The summed E-state index contributed by atoms with van der Waals surface area (Å²) >= 11 is 12.5. The fraction of sp³-hybridized carbons (Fsp3) is 0.0455. The van der Waals surface area contributed by atoms with Crippen LogP contribution >= 0.6 is 23.2 Å². The Bertz CT molecular complexity index is 1620. The van der Waals surface area contributed by atoms with E-state index in [0.29, 0.717) is 10.6 Å². The number of rotatable bonds is 3. The van der Waals surface area contributed by atoms with Crippen LogP contribution < -0.4 is 28.0 Å². The molecule has 0 saturated carbocycles. The summed E-state index contributed by atoms with van der Waals surface area (Å²) in [6.45, 7) is 0. The van der Waals surface area contributed by atoms with Crippen LogP contribution in [-0.4, -0.2) is 15.5 Å². The highest BCUT2D eigenvalue weighted by Crippen LogP contribution is 2.40. The number of nitrogens with zero attached hydrogens (tertiary/aromatic N) is 2. The van der Waals surface area contributed by atoms with E-state index in [1.54, 1.807) is 24.3 Å². The Morgan fingerprint density at radius 3 is 2.55 bits per heavy atom.